The molecule has 5 rings (SSSR count). The molecule has 3 aliphatic rings. The number of fused-ring (bicyclic) bond motifs is 1. The Bertz CT molecular complexity index is 1030. The molecule has 2 aromatic heterocycles. The molecule has 3 saturated heterocycles. The molecule has 0 spiro atoms. The Morgan fingerprint density at radius 2 is 2.06 bits per heavy atom. The smallest absolute Gasteiger partial charge is 0.409 e. The summed E-state index contributed by atoms with van der Waals surface area (Å²) >= 11 is 0. The first-order chi connectivity index (χ1) is 15.0. The number of hydrogen-bond donors (Lipinski definition) is 1. The number of pyridine rings is 1. The molecule has 3 fully saturated rings. The number of nitrogens with zero attached hydrogens (tertiary/aromatic N) is 3. The van der Waals surface area contributed by atoms with Crippen molar-refractivity contribution in [1.29, 1.82) is 0 Å². The van der Waals surface area contributed by atoms with E-state index in [4.69, 9.17) is 9.47 Å². The number of amides is 1. The molecule has 1 N–H and O–H groups in total. The molecule has 0 aromatic carbocycles. The van der Waals surface area contributed by atoms with Crippen molar-refractivity contribution in [2.75, 3.05) is 39.4 Å². The fraction of sp³-hybridized carbons (Fsp3) is 0.619. The number of H-pyrrole nitrogens is 1. The van der Waals surface area contributed by atoms with Gasteiger partial charge in [0.1, 0.15) is 17.5 Å². The molecule has 0 radical (unpaired) electrons. The maximum absolute atomic E-state index is 13.0. The van der Waals surface area contributed by atoms with Crippen molar-refractivity contribution >= 4 is 27.1 Å². The van der Waals surface area contributed by atoms with Crippen molar-refractivity contribution in [3.8, 4) is 0 Å². The van der Waals surface area contributed by atoms with Crippen LogP contribution in [0.5, 0.6) is 0 Å². The molecule has 9 nitrogen and oxygen atoms in total. The average molecular weight is 449 g/mol. The van der Waals surface area contributed by atoms with Gasteiger partial charge in [-0.05, 0) is 49.3 Å². The highest BCUT2D eigenvalue weighted by molar-refractivity contribution is 7.89. The monoisotopic (exact) mass is 448 g/mol. The summed E-state index contributed by atoms with van der Waals surface area (Å²) in [7, 11) is -3.42. The van der Waals surface area contributed by atoms with E-state index in [2.05, 4.69) is 16.0 Å². The second-order valence-corrected chi connectivity index (χ2v) is 10.8. The normalized spacial score (nSPS) is 23.9. The van der Waals surface area contributed by atoms with E-state index in [1.807, 2.05) is 12.3 Å². The van der Waals surface area contributed by atoms with Gasteiger partial charge in [0.05, 0.1) is 6.10 Å². The maximum Gasteiger partial charge on any atom is 0.409 e. The lowest BCUT2D eigenvalue weighted by atomic mass is 9.90. The minimum atomic E-state index is -3.42. The molecule has 10 heteroatoms. The van der Waals surface area contributed by atoms with Crippen LogP contribution in [-0.2, 0) is 19.5 Å². The first-order valence-corrected chi connectivity index (χ1v) is 12.5. The van der Waals surface area contributed by atoms with E-state index < -0.39 is 21.4 Å². The van der Waals surface area contributed by atoms with Crippen LogP contribution in [0.3, 0.4) is 0 Å². The Morgan fingerprint density at radius 3 is 2.81 bits per heavy atom. The van der Waals surface area contributed by atoms with Gasteiger partial charge in [0, 0.05) is 50.6 Å². The summed E-state index contributed by atoms with van der Waals surface area (Å²) in [4.78, 5) is 21.2. The van der Waals surface area contributed by atoms with Crippen LogP contribution < -0.4 is 0 Å². The van der Waals surface area contributed by atoms with Crippen LogP contribution in [0.1, 0.15) is 37.2 Å². The first kappa shape index (κ1) is 20.7. The van der Waals surface area contributed by atoms with Gasteiger partial charge in [-0.25, -0.2) is 22.5 Å². The number of likely N-dealkylation sites (tertiary alicyclic amines) is 1. The van der Waals surface area contributed by atoms with Gasteiger partial charge < -0.3 is 19.4 Å². The van der Waals surface area contributed by atoms with Gasteiger partial charge in [-0.2, -0.15) is 0 Å². The van der Waals surface area contributed by atoms with Gasteiger partial charge in [-0.15, -0.1) is 0 Å². The summed E-state index contributed by atoms with van der Waals surface area (Å²) in [5, 5.41) is 0.566. The first-order valence-electron chi connectivity index (χ1n) is 11.0. The van der Waals surface area contributed by atoms with Crippen LogP contribution in [0.25, 0.3) is 11.0 Å². The minimum Gasteiger partial charge on any atom is -0.447 e. The number of ether oxygens (including phenoxy) is 2. The zero-order valence-corrected chi connectivity index (χ0v) is 18.2. The van der Waals surface area contributed by atoms with E-state index >= 15 is 0 Å². The Hall–Kier alpha value is -2.17. The second kappa shape index (κ2) is 8.40. The number of aromatic amines is 1. The molecule has 1 atom stereocenters. The summed E-state index contributed by atoms with van der Waals surface area (Å²) in [6.45, 7) is 2.34. The van der Waals surface area contributed by atoms with Gasteiger partial charge in [-0.3, -0.25) is 0 Å². The summed E-state index contributed by atoms with van der Waals surface area (Å²) < 4.78 is 38.3. The topological polar surface area (TPSA) is 105 Å². The third-order valence-electron chi connectivity index (χ3n) is 6.68. The standard InChI is InChI=1S/C21H28N4O5S/c26-21(30-14-16-3-2-10-29-16)24-12-17(13-24)31(27,28)25-8-5-15(6-9-25)19-11-23-20-18(19)4-1-7-22-20/h1,4,7,11,15-17H,2-3,5-6,8-10,12-14H2,(H,22,23)/t16-/m0/s1. The summed E-state index contributed by atoms with van der Waals surface area (Å²) in [6, 6.07) is 3.98. The third-order valence-corrected chi connectivity index (χ3v) is 8.91. The van der Waals surface area contributed by atoms with Crippen LogP contribution in [0.2, 0.25) is 0 Å². The molecule has 2 aromatic rings. The highest BCUT2D eigenvalue weighted by Crippen LogP contribution is 2.34. The van der Waals surface area contributed by atoms with E-state index in [0.29, 0.717) is 25.6 Å². The molecular weight excluding hydrogens is 420 g/mol. The quantitative estimate of drug-likeness (QED) is 0.751. The highest BCUT2D eigenvalue weighted by atomic mass is 32.2. The Labute approximate surface area is 181 Å². The molecule has 0 saturated carbocycles. The van der Waals surface area contributed by atoms with E-state index in [-0.39, 0.29) is 25.8 Å². The Balaban J connectivity index is 1.12. The number of carbonyl (C=O) groups excluding carboxylic acids is 1. The van der Waals surface area contributed by atoms with Crippen molar-refractivity contribution in [1.82, 2.24) is 19.2 Å². The largest absolute Gasteiger partial charge is 0.447 e. The number of aromatic nitrogens is 2. The van der Waals surface area contributed by atoms with Crippen molar-refractivity contribution in [3.05, 3.63) is 30.1 Å². The molecule has 0 aliphatic carbocycles. The zero-order chi connectivity index (χ0) is 21.4. The van der Waals surface area contributed by atoms with E-state index in [9.17, 15) is 13.2 Å². The van der Waals surface area contributed by atoms with Crippen molar-refractivity contribution in [3.63, 3.8) is 0 Å². The lowest BCUT2D eigenvalue weighted by Gasteiger charge is -2.41. The van der Waals surface area contributed by atoms with Crippen molar-refractivity contribution in [2.24, 2.45) is 0 Å². The van der Waals surface area contributed by atoms with Crippen molar-refractivity contribution in [2.45, 2.75) is 43.0 Å². The number of carbonyl (C=O) groups is 1. The predicted molar refractivity (Wildman–Crippen MR) is 114 cm³/mol. The Morgan fingerprint density at radius 1 is 1.26 bits per heavy atom. The second-order valence-electron chi connectivity index (χ2n) is 8.60. The van der Waals surface area contributed by atoms with Gasteiger partial charge in [0.15, 0.2) is 0 Å². The summed E-state index contributed by atoms with van der Waals surface area (Å²) in [6.07, 6.45) is 6.72. The predicted octanol–water partition coefficient (Wildman–Crippen LogP) is 2.07. The van der Waals surface area contributed by atoms with Crippen LogP contribution in [0, 0.1) is 0 Å². The number of rotatable bonds is 5. The lowest BCUT2D eigenvalue weighted by Crippen LogP contribution is -2.60. The van der Waals surface area contributed by atoms with E-state index in [1.165, 1.54) is 10.5 Å². The van der Waals surface area contributed by atoms with Crippen LogP contribution in [0.4, 0.5) is 4.79 Å². The number of hydrogen-bond acceptors (Lipinski definition) is 6. The lowest BCUT2D eigenvalue weighted by molar-refractivity contribution is 0.0226. The Kier molecular flexibility index (Phi) is 5.61. The molecule has 0 unspecified atom stereocenters. The van der Waals surface area contributed by atoms with Gasteiger partial charge in [-0.1, -0.05) is 0 Å². The molecule has 168 valence electrons. The van der Waals surface area contributed by atoms with Gasteiger partial charge in [0.25, 0.3) is 0 Å². The molecule has 5 heterocycles. The molecule has 3 aliphatic heterocycles. The molecule has 0 bridgehead atoms. The summed E-state index contributed by atoms with van der Waals surface area (Å²) in [5.41, 5.74) is 2.08. The SMILES string of the molecule is O=C(OC[C@@H]1CCCO1)N1CC(S(=O)(=O)N2CCC(c3c[nH]c4ncccc34)CC2)C1. The summed E-state index contributed by atoms with van der Waals surface area (Å²) in [5.74, 6) is 0.315. The van der Waals surface area contributed by atoms with E-state index in [0.717, 1.165) is 36.7 Å². The van der Waals surface area contributed by atoms with E-state index in [1.54, 1.807) is 10.5 Å². The third kappa shape index (κ3) is 4.04. The fourth-order valence-corrected chi connectivity index (χ4v) is 6.63. The van der Waals surface area contributed by atoms with Crippen LogP contribution >= 0.6 is 0 Å². The fourth-order valence-electron chi connectivity index (χ4n) is 4.75. The average Bonchev–Trinajstić information content (AvgIpc) is 3.41. The number of nitrogens with one attached hydrogen (secondary N) is 1. The molecule has 31 heavy (non-hydrogen) atoms. The number of sulfonamides is 1. The number of piperidine rings is 1. The van der Waals surface area contributed by atoms with Crippen LogP contribution in [-0.4, -0.2) is 84.4 Å². The van der Waals surface area contributed by atoms with Crippen molar-refractivity contribution < 1.29 is 22.7 Å². The van der Waals surface area contributed by atoms with Crippen LogP contribution in [0.15, 0.2) is 24.5 Å². The highest BCUT2D eigenvalue weighted by Gasteiger charge is 2.44. The maximum atomic E-state index is 13.0. The molecular formula is C21H28N4O5S. The van der Waals surface area contributed by atoms with Gasteiger partial charge >= 0.3 is 6.09 Å². The minimum absolute atomic E-state index is 0.0287. The zero-order valence-electron chi connectivity index (χ0n) is 17.4. The van der Waals surface area contributed by atoms with Gasteiger partial charge in [0.2, 0.25) is 10.0 Å². The molecule has 1 amide bonds.